The van der Waals surface area contributed by atoms with Gasteiger partial charge in [-0.15, -0.1) is 0 Å². The highest BCUT2D eigenvalue weighted by Gasteiger charge is 2.13. The fourth-order valence-electron chi connectivity index (χ4n) is 5.63. The van der Waals surface area contributed by atoms with E-state index in [4.69, 9.17) is 14.4 Å². The van der Waals surface area contributed by atoms with Crippen LogP contribution >= 0.6 is 0 Å². The minimum absolute atomic E-state index is 0.614. The zero-order valence-electron chi connectivity index (χ0n) is 21.9. The molecule has 41 heavy (non-hydrogen) atoms. The van der Waals surface area contributed by atoms with E-state index in [0.29, 0.717) is 5.56 Å². The van der Waals surface area contributed by atoms with E-state index in [-0.39, 0.29) is 0 Å². The highest BCUT2D eigenvalue weighted by Crippen LogP contribution is 2.36. The van der Waals surface area contributed by atoms with Crippen LogP contribution in [0, 0.1) is 11.3 Å². The number of benzene rings is 5. The van der Waals surface area contributed by atoms with E-state index >= 15 is 0 Å². The molecule has 3 aromatic heterocycles. The van der Waals surface area contributed by atoms with Gasteiger partial charge in [-0.05, 0) is 35.9 Å². The van der Waals surface area contributed by atoms with E-state index in [0.717, 1.165) is 77.4 Å². The highest BCUT2D eigenvalue weighted by atomic mass is 16.3. The van der Waals surface area contributed by atoms with Gasteiger partial charge >= 0.3 is 0 Å². The van der Waals surface area contributed by atoms with Gasteiger partial charge in [-0.3, -0.25) is 0 Å². The zero-order valence-corrected chi connectivity index (χ0v) is 21.9. The maximum Gasteiger partial charge on any atom is 0.143 e. The molecule has 0 N–H and O–H groups in total. The molecular formula is C37H21N3O. The highest BCUT2D eigenvalue weighted by molar-refractivity contribution is 6.09. The number of nitrogens with zero attached hydrogens (tertiary/aromatic N) is 3. The molecule has 4 heteroatoms. The summed E-state index contributed by atoms with van der Waals surface area (Å²) in [5.41, 5.74) is 9.92. The summed E-state index contributed by atoms with van der Waals surface area (Å²) >= 11 is 0. The van der Waals surface area contributed by atoms with Crippen LogP contribution in [-0.4, -0.2) is 9.97 Å². The van der Waals surface area contributed by atoms with Gasteiger partial charge in [0.15, 0.2) is 0 Å². The number of nitriles is 1. The van der Waals surface area contributed by atoms with Gasteiger partial charge in [0.05, 0.1) is 34.1 Å². The molecule has 0 fully saturated rings. The normalized spacial score (nSPS) is 11.4. The van der Waals surface area contributed by atoms with Crippen LogP contribution in [0.2, 0.25) is 0 Å². The third kappa shape index (κ3) is 3.83. The Morgan fingerprint density at radius 1 is 0.537 bits per heavy atom. The molecule has 8 rings (SSSR count). The van der Waals surface area contributed by atoms with Crippen molar-refractivity contribution < 1.29 is 4.42 Å². The maximum atomic E-state index is 9.33. The Bertz CT molecular complexity index is 2330. The van der Waals surface area contributed by atoms with E-state index in [9.17, 15) is 5.26 Å². The van der Waals surface area contributed by atoms with Crippen LogP contribution in [0.25, 0.3) is 77.4 Å². The van der Waals surface area contributed by atoms with Gasteiger partial charge in [-0.1, -0.05) is 97.1 Å². The predicted molar refractivity (Wildman–Crippen MR) is 165 cm³/mol. The Morgan fingerprint density at radius 2 is 1.17 bits per heavy atom. The maximum absolute atomic E-state index is 9.33. The molecule has 8 aromatic rings. The van der Waals surface area contributed by atoms with Crippen LogP contribution in [-0.2, 0) is 0 Å². The van der Waals surface area contributed by atoms with Crippen LogP contribution in [0.1, 0.15) is 5.56 Å². The number of pyridine rings is 2. The molecule has 0 aliphatic rings. The predicted octanol–water partition coefficient (Wildman–Crippen LogP) is 9.56. The second-order valence-electron chi connectivity index (χ2n) is 10.2. The number of hydrogen-bond donors (Lipinski definition) is 0. The Kier molecular flexibility index (Phi) is 5.16. The van der Waals surface area contributed by atoms with E-state index < -0.39 is 0 Å². The fraction of sp³-hybridized carbons (Fsp3) is 0. The summed E-state index contributed by atoms with van der Waals surface area (Å²) in [6.07, 6.45) is 0. The molecular weight excluding hydrogens is 502 g/mol. The first-order chi connectivity index (χ1) is 20.2. The molecule has 0 saturated carbocycles. The summed E-state index contributed by atoms with van der Waals surface area (Å²) in [5, 5.41) is 13.6. The van der Waals surface area contributed by atoms with Crippen LogP contribution in [0.5, 0.6) is 0 Å². The number of fused-ring (bicyclic) bond motifs is 6. The van der Waals surface area contributed by atoms with Gasteiger partial charge in [-0.2, -0.15) is 5.26 Å². The van der Waals surface area contributed by atoms with Crippen molar-refractivity contribution in [2.45, 2.75) is 0 Å². The second kappa shape index (κ2) is 9.15. The van der Waals surface area contributed by atoms with Crippen LogP contribution in [0.4, 0.5) is 0 Å². The molecule has 0 radical (unpaired) electrons. The minimum atomic E-state index is 0.614. The SMILES string of the molecule is N#Cc1cccc(-c2ccc3ccc4ccc(-c5ccc(-c6cccc7c6oc6ccccc67)cc5)nc4c3n2)c1. The Hall–Kier alpha value is -5.79. The lowest BCUT2D eigenvalue weighted by atomic mass is 10.00. The fourth-order valence-corrected chi connectivity index (χ4v) is 5.63. The number of furan rings is 1. The molecule has 0 aliphatic carbocycles. The summed E-state index contributed by atoms with van der Waals surface area (Å²) in [6, 6.07) is 45.1. The summed E-state index contributed by atoms with van der Waals surface area (Å²) in [6.45, 7) is 0. The van der Waals surface area contributed by atoms with E-state index in [1.54, 1.807) is 6.07 Å². The molecule has 0 aliphatic heterocycles. The molecule has 0 amide bonds. The first-order valence-electron chi connectivity index (χ1n) is 13.5. The van der Waals surface area contributed by atoms with Crippen molar-refractivity contribution in [3.05, 3.63) is 133 Å². The van der Waals surface area contributed by atoms with E-state index in [1.807, 2.05) is 42.5 Å². The molecule has 0 spiro atoms. The van der Waals surface area contributed by atoms with Gasteiger partial charge in [0.25, 0.3) is 0 Å². The summed E-state index contributed by atoms with van der Waals surface area (Å²) in [5.74, 6) is 0. The Morgan fingerprint density at radius 3 is 1.93 bits per heavy atom. The summed E-state index contributed by atoms with van der Waals surface area (Å²) in [4.78, 5) is 10.1. The summed E-state index contributed by atoms with van der Waals surface area (Å²) in [7, 11) is 0. The average molecular weight is 524 g/mol. The number of para-hydroxylation sites is 2. The van der Waals surface area contributed by atoms with Crippen LogP contribution < -0.4 is 0 Å². The van der Waals surface area contributed by atoms with Gasteiger partial charge in [0.1, 0.15) is 11.2 Å². The number of hydrogen-bond acceptors (Lipinski definition) is 4. The van der Waals surface area contributed by atoms with Gasteiger partial charge in [0, 0.05) is 38.2 Å². The molecule has 3 heterocycles. The van der Waals surface area contributed by atoms with Gasteiger partial charge in [0.2, 0.25) is 0 Å². The lowest BCUT2D eigenvalue weighted by molar-refractivity contribution is 0.670. The van der Waals surface area contributed by atoms with Crippen molar-refractivity contribution in [2.75, 3.05) is 0 Å². The van der Waals surface area contributed by atoms with Crippen LogP contribution in [0.15, 0.2) is 132 Å². The first-order valence-corrected chi connectivity index (χ1v) is 13.5. The molecule has 5 aromatic carbocycles. The standard InChI is InChI=1S/C37H21N3O/c38-22-23-5-3-6-28(21-23)33-20-18-27-16-15-26-17-19-32(39-35(26)36(27)40-33)25-13-11-24(12-14-25)29-8-4-9-31-30-7-1-2-10-34(30)41-37(29)31/h1-21H. The van der Waals surface area contributed by atoms with Crippen LogP contribution in [0.3, 0.4) is 0 Å². The molecule has 0 saturated heterocycles. The molecule has 0 atom stereocenters. The van der Waals surface area contributed by atoms with Gasteiger partial charge in [-0.25, -0.2) is 9.97 Å². The molecule has 0 bridgehead atoms. The average Bonchev–Trinajstić information content (AvgIpc) is 3.43. The van der Waals surface area contributed by atoms with Crippen molar-refractivity contribution in [2.24, 2.45) is 0 Å². The molecule has 4 nitrogen and oxygen atoms in total. The van der Waals surface area contributed by atoms with Crippen molar-refractivity contribution in [1.82, 2.24) is 9.97 Å². The van der Waals surface area contributed by atoms with Gasteiger partial charge < -0.3 is 4.42 Å². The van der Waals surface area contributed by atoms with E-state index in [2.05, 4.69) is 84.9 Å². The lowest BCUT2D eigenvalue weighted by Gasteiger charge is -2.09. The quantitative estimate of drug-likeness (QED) is 0.216. The number of aromatic nitrogens is 2. The monoisotopic (exact) mass is 523 g/mol. The Balaban J connectivity index is 1.21. The molecule has 190 valence electrons. The van der Waals surface area contributed by atoms with Crippen molar-refractivity contribution in [3.8, 4) is 39.7 Å². The van der Waals surface area contributed by atoms with Crippen molar-refractivity contribution >= 4 is 43.7 Å². The van der Waals surface area contributed by atoms with E-state index in [1.165, 1.54) is 0 Å². The largest absolute Gasteiger partial charge is 0.455 e. The Labute approximate surface area is 235 Å². The second-order valence-corrected chi connectivity index (χ2v) is 10.2. The smallest absolute Gasteiger partial charge is 0.143 e. The summed E-state index contributed by atoms with van der Waals surface area (Å²) < 4.78 is 6.26. The lowest BCUT2D eigenvalue weighted by Crippen LogP contribution is -1.91. The molecule has 0 unspecified atom stereocenters. The number of rotatable bonds is 3. The topological polar surface area (TPSA) is 62.7 Å². The van der Waals surface area contributed by atoms with Crippen molar-refractivity contribution in [1.29, 1.82) is 5.26 Å². The first kappa shape index (κ1) is 23.1. The van der Waals surface area contributed by atoms with Crippen molar-refractivity contribution in [3.63, 3.8) is 0 Å². The third-order valence-corrected chi connectivity index (χ3v) is 7.70. The third-order valence-electron chi connectivity index (χ3n) is 7.70. The zero-order chi connectivity index (χ0) is 27.3. The minimum Gasteiger partial charge on any atom is -0.455 e.